The number of furan rings is 1. The van der Waals surface area contributed by atoms with Crippen LogP contribution in [0.3, 0.4) is 0 Å². The van der Waals surface area contributed by atoms with Gasteiger partial charge in [-0.25, -0.2) is 4.79 Å². The Morgan fingerprint density at radius 1 is 1.19 bits per heavy atom. The first kappa shape index (κ1) is 17.7. The summed E-state index contributed by atoms with van der Waals surface area (Å²) in [5.41, 5.74) is 1.53. The number of hydrogen-bond acceptors (Lipinski definition) is 4. The average molecular weight is 356 g/mol. The summed E-state index contributed by atoms with van der Waals surface area (Å²) in [6.07, 6.45) is 2.33. The van der Waals surface area contributed by atoms with E-state index in [1.807, 2.05) is 25.1 Å². The van der Waals surface area contributed by atoms with E-state index in [0.29, 0.717) is 31.5 Å². The lowest BCUT2D eigenvalue weighted by Gasteiger charge is -2.32. The number of carboxylic acid groups (broad SMARTS) is 1. The number of aryl methyl sites for hydroxylation is 1. The maximum atomic E-state index is 12.4. The van der Waals surface area contributed by atoms with Crippen LogP contribution < -0.4 is 5.32 Å². The van der Waals surface area contributed by atoms with Gasteiger partial charge in [0.15, 0.2) is 5.76 Å². The molecule has 0 aliphatic carbocycles. The van der Waals surface area contributed by atoms with E-state index in [1.165, 1.54) is 6.07 Å². The molecular formula is C19H20N2O5. The van der Waals surface area contributed by atoms with Gasteiger partial charge in [0.2, 0.25) is 0 Å². The highest BCUT2D eigenvalue weighted by atomic mass is 16.4. The van der Waals surface area contributed by atoms with E-state index < -0.39 is 5.97 Å². The summed E-state index contributed by atoms with van der Waals surface area (Å²) in [4.78, 5) is 37.2. The zero-order chi connectivity index (χ0) is 18.7. The van der Waals surface area contributed by atoms with E-state index in [9.17, 15) is 14.4 Å². The lowest BCUT2D eigenvalue weighted by Crippen LogP contribution is -2.46. The Morgan fingerprint density at radius 2 is 1.88 bits per heavy atom. The fourth-order valence-electron chi connectivity index (χ4n) is 3.03. The van der Waals surface area contributed by atoms with E-state index in [4.69, 9.17) is 9.52 Å². The fraction of sp³-hybridized carbons (Fsp3) is 0.316. The Balaban J connectivity index is 1.55. The summed E-state index contributed by atoms with van der Waals surface area (Å²) in [6.45, 7) is 2.84. The van der Waals surface area contributed by atoms with Crippen molar-refractivity contribution >= 4 is 17.8 Å². The standard InChI is InChI=1S/C19H20N2O5/c1-12-4-2-3-5-15(12)17(22)20-14-6-8-21(9-7-14)18(23)16-10-13(11-26-16)19(24)25/h2-5,10-11,14H,6-9H2,1H3,(H,20,22)(H,24,25). The summed E-state index contributed by atoms with van der Waals surface area (Å²) in [5.74, 6) is -1.55. The van der Waals surface area contributed by atoms with Gasteiger partial charge < -0.3 is 19.7 Å². The molecule has 7 heteroatoms. The number of benzene rings is 1. The summed E-state index contributed by atoms with van der Waals surface area (Å²) >= 11 is 0. The number of carbonyl (C=O) groups is 3. The van der Waals surface area contributed by atoms with Gasteiger partial charge in [0.25, 0.3) is 11.8 Å². The average Bonchev–Trinajstić information content (AvgIpc) is 3.12. The Labute approximate surface area is 150 Å². The third-order valence-corrected chi connectivity index (χ3v) is 4.56. The molecule has 26 heavy (non-hydrogen) atoms. The number of hydrogen-bond donors (Lipinski definition) is 2. The van der Waals surface area contributed by atoms with Crippen molar-refractivity contribution in [1.29, 1.82) is 0 Å². The van der Waals surface area contributed by atoms with Crippen molar-refractivity contribution in [3.8, 4) is 0 Å². The number of carbonyl (C=O) groups excluding carboxylic acids is 2. The fourth-order valence-corrected chi connectivity index (χ4v) is 3.03. The zero-order valence-electron chi connectivity index (χ0n) is 14.4. The van der Waals surface area contributed by atoms with Gasteiger partial charge >= 0.3 is 5.97 Å². The Morgan fingerprint density at radius 3 is 2.50 bits per heavy atom. The molecule has 0 atom stereocenters. The molecule has 2 heterocycles. The second-order valence-electron chi connectivity index (χ2n) is 6.36. The molecule has 0 unspecified atom stereocenters. The highest BCUT2D eigenvalue weighted by Gasteiger charge is 2.27. The number of likely N-dealkylation sites (tertiary alicyclic amines) is 1. The van der Waals surface area contributed by atoms with Crippen LogP contribution in [0.1, 0.15) is 49.7 Å². The van der Waals surface area contributed by atoms with Gasteiger partial charge in [-0.2, -0.15) is 0 Å². The second-order valence-corrected chi connectivity index (χ2v) is 6.36. The first-order valence-electron chi connectivity index (χ1n) is 8.43. The highest BCUT2D eigenvalue weighted by Crippen LogP contribution is 2.17. The minimum Gasteiger partial charge on any atom is -0.478 e. The molecule has 1 aromatic carbocycles. The van der Waals surface area contributed by atoms with E-state index in [0.717, 1.165) is 11.8 Å². The molecule has 0 bridgehead atoms. The number of piperidine rings is 1. The third-order valence-electron chi connectivity index (χ3n) is 4.56. The molecule has 0 saturated carbocycles. The molecule has 0 radical (unpaired) electrons. The number of nitrogens with zero attached hydrogens (tertiary/aromatic N) is 1. The van der Waals surface area contributed by atoms with Gasteiger partial charge in [-0.3, -0.25) is 9.59 Å². The van der Waals surface area contributed by atoms with Crippen LogP contribution in [0.25, 0.3) is 0 Å². The van der Waals surface area contributed by atoms with Crippen LogP contribution in [0.15, 0.2) is 41.0 Å². The van der Waals surface area contributed by atoms with Crippen molar-refractivity contribution in [2.24, 2.45) is 0 Å². The van der Waals surface area contributed by atoms with Crippen molar-refractivity contribution in [3.05, 3.63) is 59.0 Å². The lowest BCUT2D eigenvalue weighted by atomic mass is 10.0. The van der Waals surface area contributed by atoms with E-state index in [1.54, 1.807) is 11.0 Å². The van der Waals surface area contributed by atoms with Crippen molar-refractivity contribution in [2.75, 3.05) is 13.1 Å². The van der Waals surface area contributed by atoms with E-state index in [2.05, 4.69) is 5.32 Å². The molecule has 1 aromatic heterocycles. The van der Waals surface area contributed by atoms with E-state index >= 15 is 0 Å². The molecule has 3 rings (SSSR count). The molecule has 2 amide bonds. The van der Waals surface area contributed by atoms with Gasteiger partial charge in [0.1, 0.15) is 6.26 Å². The molecule has 1 fully saturated rings. The van der Waals surface area contributed by atoms with Gasteiger partial charge in [0, 0.05) is 30.8 Å². The predicted molar refractivity (Wildman–Crippen MR) is 93.2 cm³/mol. The zero-order valence-corrected chi connectivity index (χ0v) is 14.4. The molecular weight excluding hydrogens is 336 g/mol. The normalized spacial score (nSPS) is 14.9. The Bertz CT molecular complexity index is 834. The van der Waals surface area contributed by atoms with Crippen LogP contribution in [0, 0.1) is 6.92 Å². The molecule has 136 valence electrons. The van der Waals surface area contributed by atoms with Crippen LogP contribution in [0.5, 0.6) is 0 Å². The van der Waals surface area contributed by atoms with Crippen LogP contribution in [0.2, 0.25) is 0 Å². The molecule has 7 nitrogen and oxygen atoms in total. The molecule has 0 spiro atoms. The Hall–Kier alpha value is -3.09. The number of amides is 2. The summed E-state index contributed by atoms with van der Waals surface area (Å²) in [7, 11) is 0. The van der Waals surface area contributed by atoms with Gasteiger partial charge in [-0.1, -0.05) is 18.2 Å². The summed E-state index contributed by atoms with van der Waals surface area (Å²) < 4.78 is 5.06. The summed E-state index contributed by atoms with van der Waals surface area (Å²) in [6, 6.07) is 8.64. The predicted octanol–water partition coefficient (Wildman–Crippen LogP) is 2.32. The van der Waals surface area contributed by atoms with Gasteiger partial charge in [0.05, 0.1) is 5.56 Å². The maximum Gasteiger partial charge on any atom is 0.338 e. The Kier molecular flexibility index (Phi) is 5.06. The van der Waals surface area contributed by atoms with Crippen molar-refractivity contribution in [3.63, 3.8) is 0 Å². The molecule has 1 aliphatic heterocycles. The highest BCUT2D eigenvalue weighted by molar-refractivity contribution is 5.96. The lowest BCUT2D eigenvalue weighted by molar-refractivity contribution is 0.0664. The second kappa shape index (κ2) is 7.43. The van der Waals surface area contributed by atoms with Gasteiger partial charge in [-0.15, -0.1) is 0 Å². The summed E-state index contributed by atoms with van der Waals surface area (Å²) in [5, 5.41) is 11.9. The van der Waals surface area contributed by atoms with E-state index in [-0.39, 0.29) is 29.2 Å². The van der Waals surface area contributed by atoms with Crippen molar-refractivity contribution in [1.82, 2.24) is 10.2 Å². The maximum absolute atomic E-state index is 12.4. The molecule has 1 aliphatic rings. The van der Waals surface area contributed by atoms with Crippen LogP contribution in [0.4, 0.5) is 0 Å². The largest absolute Gasteiger partial charge is 0.478 e. The number of carboxylic acids is 1. The monoisotopic (exact) mass is 356 g/mol. The SMILES string of the molecule is Cc1ccccc1C(=O)NC1CCN(C(=O)c2cc(C(=O)O)co2)CC1. The molecule has 1 saturated heterocycles. The smallest absolute Gasteiger partial charge is 0.338 e. The molecule has 2 N–H and O–H groups in total. The number of aromatic carboxylic acids is 1. The van der Waals surface area contributed by atoms with Crippen molar-refractivity contribution in [2.45, 2.75) is 25.8 Å². The topological polar surface area (TPSA) is 99.9 Å². The third kappa shape index (κ3) is 3.77. The number of rotatable bonds is 4. The minimum atomic E-state index is -1.13. The first-order valence-corrected chi connectivity index (χ1v) is 8.43. The minimum absolute atomic E-state index is 0.00247. The van der Waals surface area contributed by atoms with Crippen LogP contribution in [-0.2, 0) is 0 Å². The van der Waals surface area contributed by atoms with Crippen LogP contribution >= 0.6 is 0 Å². The molecule has 2 aromatic rings. The van der Waals surface area contributed by atoms with Crippen LogP contribution in [-0.4, -0.2) is 46.9 Å². The van der Waals surface area contributed by atoms with Gasteiger partial charge in [-0.05, 0) is 31.4 Å². The van der Waals surface area contributed by atoms with Crippen molar-refractivity contribution < 1.29 is 23.9 Å². The quantitative estimate of drug-likeness (QED) is 0.876. The first-order chi connectivity index (χ1) is 12.5. The number of nitrogens with one attached hydrogen (secondary N) is 1.